The van der Waals surface area contributed by atoms with Crippen LogP contribution in [0.25, 0.3) is 0 Å². The molecule has 0 aliphatic carbocycles. The van der Waals surface area contributed by atoms with Gasteiger partial charge in [0.1, 0.15) is 5.82 Å². The van der Waals surface area contributed by atoms with E-state index < -0.39 is 17.2 Å². The fourth-order valence-corrected chi connectivity index (χ4v) is 5.37. The third-order valence-corrected chi connectivity index (χ3v) is 7.51. The van der Waals surface area contributed by atoms with Crippen LogP contribution >= 0.6 is 0 Å². The topological polar surface area (TPSA) is 61.8 Å². The first-order valence-electron chi connectivity index (χ1n) is 12.9. The van der Waals surface area contributed by atoms with Crippen molar-refractivity contribution in [3.05, 3.63) is 54.0 Å². The van der Waals surface area contributed by atoms with E-state index in [4.69, 9.17) is 20.4 Å². The van der Waals surface area contributed by atoms with Gasteiger partial charge in [-0.1, -0.05) is 30.3 Å². The molecule has 3 heterocycles. The van der Waals surface area contributed by atoms with Crippen molar-refractivity contribution in [1.29, 1.82) is 0 Å². The zero-order valence-corrected chi connectivity index (χ0v) is 21.8. The zero-order valence-electron chi connectivity index (χ0n) is 21.8. The molecule has 0 spiro atoms. The Balaban J connectivity index is 1.22. The van der Waals surface area contributed by atoms with Crippen LogP contribution in [-0.4, -0.2) is 86.4 Å². The van der Waals surface area contributed by atoms with Crippen LogP contribution in [0.5, 0.6) is 0 Å². The van der Waals surface area contributed by atoms with Gasteiger partial charge in [-0.15, -0.1) is 0 Å². The van der Waals surface area contributed by atoms with Gasteiger partial charge in [-0.05, 0) is 63.0 Å². The second-order valence-corrected chi connectivity index (χ2v) is 10.3. The number of nitrogens with zero attached hydrogens (tertiary/aromatic N) is 5. The standard InChI is InChI=1S/C26H32B2F3N5O2/c1-18-16-34(23-15-32-22(14-33-23)26(29,30)31)17-19(2)36(18)24(37)38-13-10-20-8-11-35(12-9-20)25(27,28)21-6-4-3-5-7-21/h3-7,14-15,18-20H,8-13,16-17H2,1-2H3/t18-,19?/m1/s1. The Labute approximate surface area is 224 Å². The quantitative estimate of drug-likeness (QED) is 0.536. The van der Waals surface area contributed by atoms with Gasteiger partial charge in [0.2, 0.25) is 0 Å². The SMILES string of the molecule is [B]C([B])(c1ccccc1)N1CCC(CCOC(=O)N2C(C)CN(c3cnc(C(F)(F)F)cn3)C[C@H]2C)CC1. The summed E-state index contributed by atoms with van der Waals surface area (Å²) in [6, 6.07) is 9.24. The molecule has 0 N–H and O–H groups in total. The molecule has 200 valence electrons. The average Bonchev–Trinajstić information content (AvgIpc) is 2.88. The summed E-state index contributed by atoms with van der Waals surface area (Å²) in [7, 11) is 12.9. The molecular weight excluding hydrogens is 493 g/mol. The van der Waals surface area contributed by atoms with Crippen LogP contribution in [-0.2, 0) is 16.3 Å². The monoisotopic (exact) mass is 525 g/mol. The van der Waals surface area contributed by atoms with Crippen LogP contribution in [0, 0.1) is 5.92 Å². The highest BCUT2D eigenvalue weighted by atomic mass is 19.4. The predicted octanol–water partition coefficient (Wildman–Crippen LogP) is 3.78. The third kappa shape index (κ3) is 6.45. The van der Waals surface area contributed by atoms with E-state index in [1.54, 1.807) is 4.90 Å². The third-order valence-electron chi connectivity index (χ3n) is 7.51. The highest BCUT2D eigenvalue weighted by Gasteiger charge is 2.36. The molecule has 2 fully saturated rings. The normalized spacial score (nSPS) is 21.9. The lowest BCUT2D eigenvalue weighted by Gasteiger charge is -2.45. The molecule has 12 heteroatoms. The van der Waals surface area contributed by atoms with Gasteiger partial charge in [-0.2, -0.15) is 13.2 Å². The van der Waals surface area contributed by atoms with E-state index in [0.717, 1.165) is 50.3 Å². The number of benzene rings is 1. The molecule has 4 radical (unpaired) electrons. The highest BCUT2D eigenvalue weighted by molar-refractivity contribution is 6.39. The van der Waals surface area contributed by atoms with E-state index in [1.807, 2.05) is 49.1 Å². The zero-order chi connectivity index (χ0) is 27.5. The molecule has 2 atom stereocenters. The summed E-state index contributed by atoms with van der Waals surface area (Å²) < 4.78 is 44.0. The summed E-state index contributed by atoms with van der Waals surface area (Å²) >= 11 is 0. The van der Waals surface area contributed by atoms with Crippen molar-refractivity contribution >= 4 is 27.6 Å². The van der Waals surface area contributed by atoms with Gasteiger partial charge < -0.3 is 14.5 Å². The maximum Gasteiger partial charge on any atom is 0.434 e. The first-order chi connectivity index (χ1) is 18.0. The number of amides is 1. The number of likely N-dealkylation sites (tertiary alicyclic amines) is 1. The Kier molecular flexibility index (Phi) is 8.59. The first-order valence-corrected chi connectivity index (χ1v) is 12.9. The Morgan fingerprint density at radius 2 is 1.66 bits per heavy atom. The Hall–Kier alpha value is -2.75. The number of carbonyl (C=O) groups is 1. The van der Waals surface area contributed by atoms with Crippen molar-refractivity contribution in [3.63, 3.8) is 0 Å². The molecule has 1 amide bonds. The maximum atomic E-state index is 12.9. The lowest BCUT2D eigenvalue weighted by atomic mass is 9.56. The van der Waals surface area contributed by atoms with Crippen LogP contribution in [0.1, 0.15) is 44.4 Å². The van der Waals surface area contributed by atoms with Crippen molar-refractivity contribution in [2.45, 2.75) is 56.7 Å². The number of rotatable bonds is 6. The van der Waals surface area contributed by atoms with E-state index in [0.29, 0.717) is 31.4 Å². The summed E-state index contributed by atoms with van der Waals surface area (Å²) in [5.41, 5.74) is -0.155. The second kappa shape index (κ2) is 11.6. The maximum absolute atomic E-state index is 12.9. The molecule has 2 saturated heterocycles. The molecule has 2 aromatic rings. The van der Waals surface area contributed by atoms with Crippen molar-refractivity contribution in [2.24, 2.45) is 5.92 Å². The average molecular weight is 525 g/mol. The summed E-state index contributed by atoms with van der Waals surface area (Å²) in [6.45, 7) is 6.46. The molecule has 0 saturated carbocycles. The van der Waals surface area contributed by atoms with Gasteiger partial charge in [0.05, 0.1) is 46.8 Å². The Morgan fingerprint density at radius 1 is 1.03 bits per heavy atom. The number of carbonyl (C=O) groups excluding carboxylic acids is 1. The number of piperidine rings is 1. The first kappa shape index (κ1) is 28.3. The lowest BCUT2D eigenvalue weighted by Crippen LogP contribution is -2.59. The van der Waals surface area contributed by atoms with Crippen molar-refractivity contribution in [3.8, 4) is 0 Å². The molecule has 2 aliphatic heterocycles. The van der Waals surface area contributed by atoms with Crippen LogP contribution in [0.15, 0.2) is 42.7 Å². The number of ether oxygens (including phenoxy) is 1. The van der Waals surface area contributed by atoms with Gasteiger partial charge in [0.15, 0.2) is 5.69 Å². The molecule has 1 aromatic heterocycles. The Bertz CT molecular complexity index is 1050. The number of anilines is 1. The number of alkyl halides is 3. The van der Waals surface area contributed by atoms with Gasteiger partial charge in [0, 0.05) is 13.1 Å². The van der Waals surface area contributed by atoms with Crippen molar-refractivity contribution in [2.75, 3.05) is 37.7 Å². The molecule has 1 unspecified atom stereocenters. The van der Waals surface area contributed by atoms with Gasteiger partial charge >= 0.3 is 12.3 Å². The minimum Gasteiger partial charge on any atom is -0.449 e. The van der Waals surface area contributed by atoms with E-state index in [2.05, 4.69) is 14.9 Å². The number of piperazine rings is 1. The molecule has 0 bridgehead atoms. The van der Waals surface area contributed by atoms with E-state index in [1.165, 1.54) is 0 Å². The van der Waals surface area contributed by atoms with Crippen LogP contribution in [0.4, 0.5) is 23.8 Å². The number of aromatic nitrogens is 2. The summed E-state index contributed by atoms with van der Waals surface area (Å²) in [6.07, 6.45) is -0.462. The number of halogens is 3. The van der Waals surface area contributed by atoms with Gasteiger partial charge in [0.25, 0.3) is 0 Å². The minimum atomic E-state index is -4.53. The molecule has 38 heavy (non-hydrogen) atoms. The largest absolute Gasteiger partial charge is 0.449 e. The fraction of sp³-hybridized carbons (Fsp3) is 0.577. The lowest BCUT2D eigenvalue weighted by molar-refractivity contribution is -0.141. The highest BCUT2D eigenvalue weighted by Crippen LogP contribution is 2.30. The van der Waals surface area contributed by atoms with Crippen molar-refractivity contribution < 1.29 is 22.7 Å². The van der Waals surface area contributed by atoms with E-state index in [9.17, 15) is 18.0 Å². The molecule has 7 nitrogen and oxygen atoms in total. The van der Waals surface area contributed by atoms with Crippen LogP contribution in [0.2, 0.25) is 0 Å². The summed E-state index contributed by atoms with van der Waals surface area (Å²) in [5.74, 6) is 0.762. The van der Waals surface area contributed by atoms with E-state index >= 15 is 0 Å². The number of hydrogen-bond acceptors (Lipinski definition) is 6. The van der Waals surface area contributed by atoms with Crippen LogP contribution < -0.4 is 4.90 Å². The fourth-order valence-electron chi connectivity index (χ4n) is 5.37. The van der Waals surface area contributed by atoms with E-state index in [-0.39, 0.29) is 18.2 Å². The molecule has 1 aromatic carbocycles. The van der Waals surface area contributed by atoms with Gasteiger partial charge in [-0.3, -0.25) is 4.90 Å². The van der Waals surface area contributed by atoms with Crippen LogP contribution in [0.3, 0.4) is 0 Å². The minimum absolute atomic E-state index is 0.209. The summed E-state index contributed by atoms with van der Waals surface area (Å²) in [4.78, 5) is 25.9. The predicted molar refractivity (Wildman–Crippen MR) is 140 cm³/mol. The van der Waals surface area contributed by atoms with Gasteiger partial charge in [-0.25, -0.2) is 14.8 Å². The molecule has 2 aliphatic rings. The smallest absolute Gasteiger partial charge is 0.434 e. The summed E-state index contributed by atoms with van der Waals surface area (Å²) in [5, 5.41) is -1.01. The Morgan fingerprint density at radius 3 is 2.21 bits per heavy atom. The second-order valence-electron chi connectivity index (χ2n) is 10.3. The molecule has 4 rings (SSSR count). The van der Waals surface area contributed by atoms with Crippen molar-refractivity contribution in [1.82, 2.24) is 19.8 Å². The number of hydrogen-bond donors (Lipinski definition) is 0. The molecular formula is C26H32B2F3N5O2.